The number of nitrogens with one attached hydrogen (secondary N) is 2. The molecule has 0 aliphatic carbocycles. The summed E-state index contributed by atoms with van der Waals surface area (Å²) in [5, 5.41) is 4.63. The summed E-state index contributed by atoms with van der Waals surface area (Å²) >= 11 is 3.30. The van der Waals surface area contributed by atoms with Crippen LogP contribution >= 0.6 is 15.9 Å². The van der Waals surface area contributed by atoms with Crippen LogP contribution < -0.4 is 10.6 Å². The molecule has 6 nitrogen and oxygen atoms in total. The fourth-order valence-electron chi connectivity index (χ4n) is 2.60. The Hall–Kier alpha value is -3.14. The Kier molecular flexibility index (Phi) is 5.73. The largest absolute Gasteiger partial charge is 0.416 e. The van der Waals surface area contributed by atoms with Gasteiger partial charge in [-0.3, -0.25) is 9.59 Å². The molecule has 1 fully saturated rings. The molecular weight excluding hydrogens is 455 g/mol. The number of anilines is 1. The molecule has 0 atom stereocenters. The van der Waals surface area contributed by atoms with Crippen LogP contribution in [0.2, 0.25) is 0 Å². The number of rotatable bonds is 4. The van der Waals surface area contributed by atoms with E-state index in [-0.39, 0.29) is 11.4 Å². The molecule has 1 heterocycles. The second-order valence-corrected chi connectivity index (χ2v) is 6.98. The second kappa shape index (κ2) is 8.08. The minimum atomic E-state index is -4.56. The van der Waals surface area contributed by atoms with Crippen molar-refractivity contribution in [3.8, 4) is 0 Å². The third-order valence-electron chi connectivity index (χ3n) is 3.90. The number of amides is 4. The van der Waals surface area contributed by atoms with Crippen LogP contribution in [0.25, 0.3) is 6.08 Å². The smallest absolute Gasteiger partial charge is 0.325 e. The quantitative estimate of drug-likeness (QED) is 0.526. The number of carbonyl (C=O) groups excluding carboxylic acids is 3. The highest BCUT2D eigenvalue weighted by Gasteiger charge is 2.35. The molecule has 1 aliphatic heterocycles. The summed E-state index contributed by atoms with van der Waals surface area (Å²) in [5.41, 5.74) is -0.385. The Morgan fingerprint density at radius 1 is 1.14 bits per heavy atom. The number of hydrogen-bond acceptors (Lipinski definition) is 3. The second-order valence-electron chi connectivity index (χ2n) is 6.06. The molecule has 150 valence electrons. The monoisotopic (exact) mass is 467 g/mol. The van der Waals surface area contributed by atoms with E-state index in [1.54, 1.807) is 24.3 Å². The van der Waals surface area contributed by atoms with Crippen LogP contribution in [0.4, 0.5) is 23.7 Å². The fourth-order valence-corrected chi connectivity index (χ4v) is 3.01. The van der Waals surface area contributed by atoms with Crippen molar-refractivity contribution in [3.05, 3.63) is 69.8 Å². The molecule has 0 unspecified atom stereocenters. The molecule has 2 aromatic carbocycles. The summed E-state index contributed by atoms with van der Waals surface area (Å²) in [5.74, 6) is -1.52. The van der Waals surface area contributed by atoms with E-state index in [2.05, 4.69) is 26.6 Å². The number of urea groups is 1. The highest BCUT2D eigenvalue weighted by Crippen LogP contribution is 2.30. The maximum absolute atomic E-state index is 12.8. The van der Waals surface area contributed by atoms with Crippen molar-refractivity contribution in [2.45, 2.75) is 6.18 Å². The average molecular weight is 468 g/mol. The summed E-state index contributed by atoms with van der Waals surface area (Å²) in [7, 11) is 0. The summed E-state index contributed by atoms with van der Waals surface area (Å²) in [6.45, 7) is -0.642. The van der Waals surface area contributed by atoms with E-state index in [4.69, 9.17) is 0 Å². The topological polar surface area (TPSA) is 78.5 Å². The van der Waals surface area contributed by atoms with Crippen LogP contribution in [-0.2, 0) is 15.8 Å². The predicted octanol–water partition coefficient (Wildman–Crippen LogP) is 4.00. The zero-order valence-corrected chi connectivity index (χ0v) is 16.2. The van der Waals surface area contributed by atoms with Gasteiger partial charge in [-0.05, 0) is 42.0 Å². The lowest BCUT2D eigenvalue weighted by molar-refractivity contribution is -0.137. The molecule has 1 saturated heterocycles. The van der Waals surface area contributed by atoms with Crippen LogP contribution in [-0.4, -0.2) is 29.3 Å². The molecule has 0 spiro atoms. The molecule has 29 heavy (non-hydrogen) atoms. The van der Waals surface area contributed by atoms with Gasteiger partial charge in [-0.2, -0.15) is 13.2 Å². The lowest BCUT2D eigenvalue weighted by atomic mass is 10.2. The minimum absolute atomic E-state index is 0.0139. The molecule has 3 rings (SSSR count). The van der Waals surface area contributed by atoms with E-state index >= 15 is 0 Å². The molecule has 0 radical (unpaired) electrons. The van der Waals surface area contributed by atoms with Crippen molar-refractivity contribution in [2.75, 3.05) is 11.9 Å². The van der Waals surface area contributed by atoms with Gasteiger partial charge in [0, 0.05) is 10.2 Å². The molecule has 4 amide bonds. The minimum Gasteiger partial charge on any atom is -0.325 e. The highest BCUT2D eigenvalue weighted by molar-refractivity contribution is 9.10. The molecule has 0 aromatic heterocycles. The molecule has 0 bridgehead atoms. The van der Waals surface area contributed by atoms with E-state index in [0.717, 1.165) is 22.7 Å². The van der Waals surface area contributed by atoms with Crippen LogP contribution in [0.1, 0.15) is 11.1 Å². The van der Waals surface area contributed by atoms with Gasteiger partial charge in [0.2, 0.25) is 5.91 Å². The van der Waals surface area contributed by atoms with Crippen LogP contribution in [0.5, 0.6) is 0 Å². The molecule has 2 N–H and O–H groups in total. The predicted molar refractivity (Wildman–Crippen MR) is 102 cm³/mol. The molecular formula is C19H13BrF3N3O3. The number of hydrogen-bond donors (Lipinski definition) is 2. The first-order valence-corrected chi connectivity index (χ1v) is 9.00. The third-order valence-corrected chi connectivity index (χ3v) is 4.39. The molecule has 2 aromatic rings. The zero-order valence-electron chi connectivity index (χ0n) is 14.6. The van der Waals surface area contributed by atoms with E-state index in [1.807, 2.05) is 0 Å². The van der Waals surface area contributed by atoms with E-state index in [9.17, 15) is 27.6 Å². The standard InChI is InChI=1S/C19H13BrF3N3O3/c20-13-5-1-3-11(7-13)8-15-17(28)26(18(29)25-15)10-16(27)24-14-6-2-4-12(9-14)19(21,22)23/h1-9H,10H2,(H,24,27)(H,25,29)/b15-8-. The van der Waals surface area contributed by atoms with Crippen LogP contribution in [0.15, 0.2) is 58.7 Å². The molecule has 1 aliphatic rings. The first kappa shape index (κ1) is 20.6. The van der Waals surface area contributed by atoms with Gasteiger partial charge < -0.3 is 10.6 Å². The van der Waals surface area contributed by atoms with Gasteiger partial charge in [0.1, 0.15) is 12.2 Å². The van der Waals surface area contributed by atoms with Gasteiger partial charge in [-0.15, -0.1) is 0 Å². The Labute approximate surface area is 171 Å². The Morgan fingerprint density at radius 2 is 1.86 bits per heavy atom. The number of nitrogens with zero attached hydrogens (tertiary/aromatic N) is 1. The number of alkyl halides is 3. The summed E-state index contributed by atoms with van der Waals surface area (Å²) in [6.07, 6.45) is -3.10. The number of carbonyl (C=O) groups is 3. The van der Waals surface area contributed by atoms with Gasteiger partial charge in [-0.1, -0.05) is 34.1 Å². The fraction of sp³-hybridized carbons (Fsp3) is 0.105. The average Bonchev–Trinajstić information content (AvgIpc) is 2.89. The van der Waals surface area contributed by atoms with Crippen molar-refractivity contribution >= 4 is 45.5 Å². The van der Waals surface area contributed by atoms with E-state index < -0.39 is 36.1 Å². The Bertz CT molecular complexity index is 1020. The van der Waals surface area contributed by atoms with Crippen molar-refractivity contribution in [2.24, 2.45) is 0 Å². The zero-order chi connectivity index (χ0) is 21.2. The summed E-state index contributed by atoms with van der Waals surface area (Å²) in [6, 6.07) is 10.3. The summed E-state index contributed by atoms with van der Waals surface area (Å²) in [4.78, 5) is 37.3. The van der Waals surface area contributed by atoms with Gasteiger partial charge in [0.15, 0.2) is 0 Å². The third kappa shape index (κ3) is 5.02. The molecule has 0 saturated carbocycles. The SMILES string of the molecule is O=C(CN1C(=O)N/C(=C\c2cccc(Br)c2)C1=O)Nc1cccc(C(F)(F)F)c1. The first-order valence-electron chi connectivity index (χ1n) is 8.21. The molecule has 10 heteroatoms. The lowest BCUT2D eigenvalue weighted by Crippen LogP contribution is -2.38. The number of halogens is 4. The van der Waals surface area contributed by atoms with E-state index in [1.165, 1.54) is 12.1 Å². The first-order chi connectivity index (χ1) is 13.6. The maximum atomic E-state index is 12.8. The van der Waals surface area contributed by atoms with Gasteiger partial charge >= 0.3 is 12.2 Å². The van der Waals surface area contributed by atoms with Crippen molar-refractivity contribution < 1.29 is 27.6 Å². The normalized spacial score (nSPS) is 15.6. The summed E-state index contributed by atoms with van der Waals surface area (Å²) < 4.78 is 39.0. The van der Waals surface area contributed by atoms with Crippen molar-refractivity contribution in [3.63, 3.8) is 0 Å². The van der Waals surface area contributed by atoms with Crippen LogP contribution in [0.3, 0.4) is 0 Å². The highest BCUT2D eigenvalue weighted by atomic mass is 79.9. The van der Waals surface area contributed by atoms with Crippen molar-refractivity contribution in [1.29, 1.82) is 0 Å². The number of imide groups is 1. The van der Waals surface area contributed by atoms with Gasteiger partial charge in [0.25, 0.3) is 5.91 Å². The number of benzene rings is 2. The van der Waals surface area contributed by atoms with Crippen LogP contribution in [0, 0.1) is 0 Å². The van der Waals surface area contributed by atoms with Crippen molar-refractivity contribution in [1.82, 2.24) is 10.2 Å². The maximum Gasteiger partial charge on any atom is 0.416 e. The van der Waals surface area contributed by atoms with E-state index in [0.29, 0.717) is 10.5 Å². The lowest BCUT2D eigenvalue weighted by Gasteiger charge is -2.13. The Morgan fingerprint density at radius 3 is 2.55 bits per heavy atom. The van der Waals surface area contributed by atoms with Gasteiger partial charge in [0.05, 0.1) is 5.56 Å². The Balaban J connectivity index is 1.69. The van der Waals surface area contributed by atoms with Gasteiger partial charge in [-0.25, -0.2) is 9.69 Å².